The molecule has 0 aliphatic carbocycles. The van der Waals surface area contributed by atoms with Crippen molar-refractivity contribution in [2.45, 2.75) is 52.7 Å². The standard InChI is InChI=1S/C16H28N2O2S/c1-7-13-8-9-14(21-13)12(2)17-10-11-18(6)15(19)20-16(3,4)5/h8-9,12,17H,7,10-11H2,1-6H3. The van der Waals surface area contributed by atoms with Gasteiger partial charge in [-0.15, -0.1) is 11.3 Å². The highest BCUT2D eigenvalue weighted by molar-refractivity contribution is 7.12. The van der Waals surface area contributed by atoms with Crippen molar-refractivity contribution in [1.82, 2.24) is 10.2 Å². The van der Waals surface area contributed by atoms with Gasteiger partial charge in [0, 0.05) is 35.9 Å². The van der Waals surface area contributed by atoms with Crippen molar-refractivity contribution in [3.05, 3.63) is 21.9 Å². The number of likely N-dealkylation sites (N-methyl/N-ethyl adjacent to an activating group) is 1. The third kappa shape index (κ3) is 6.48. The van der Waals surface area contributed by atoms with E-state index in [1.165, 1.54) is 9.75 Å². The molecule has 21 heavy (non-hydrogen) atoms. The Balaban J connectivity index is 2.33. The van der Waals surface area contributed by atoms with Gasteiger partial charge in [-0.2, -0.15) is 0 Å². The summed E-state index contributed by atoms with van der Waals surface area (Å²) in [5.41, 5.74) is -0.445. The number of aryl methyl sites for hydroxylation is 1. The van der Waals surface area contributed by atoms with Gasteiger partial charge in [0.1, 0.15) is 5.60 Å². The van der Waals surface area contributed by atoms with E-state index in [0.717, 1.165) is 13.0 Å². The first kappa shape index (κ1) is 18.0. The minimum Gasteiger partial charge on any atom is -0.444 e. The molecule has 1 rings (SSSR count). The van der Waals surface area contributed by atoms with Gasteiger partial charge >= 0.3 is 6.09 Å². The lowest BCUT2D eigenvalue weighted by atomic mass is 10.2. The number of carbonyl (C=O) groups is 1. The average Bonchev–Trinajstić information content (AvgIpc) is 2.85. The predicted octanol–water partition coefficient (Wildman–Crippen LogP) is 3.83. The van der Waals surface area contributed by atoms with Crippen molar-refractivity contribution in [2.75, 3.05) is 20.1 Å². The number of nitrogens with zero attached hydrogens (tertiary/aromatic N) is 1. The molecule has 0 saturated heterocycles. The fourth-order valence-electron chi connectivity index (χ4n) is 1.80. The second-order valence-electron chi connectivity index (χ2n) is 6.24. The number of ether oxygens (including phenoxy) is 1. The van der Waals surface area contributed by atoms with E-state index in [1.807, 2.05) is 32.1 Å². The molecule has 1 N–H and O–H groups in total. The van der Waals surface area contributed by atoms with Crippen molar-refractivity contribution < 1.29 is 9.53 Å². The van der Waals surface area contributed by atoms with Crippen LogP contribution in [0.5, 0.6) is 0 Å². The minimum absolute atomic E-state index is 0.277. The van der Waals surface area contributed by atoms with Crippen LogP contribution in [0.25, 0.3) is 0 Å². The zero-order valence-corrected chi connectivity index (χ0v) is 14.8. The van der Waals surface area contributed by atoms with Crippen LogP contribution in [0.3, 0.4) is 0 Å². The van der Waals surface area contributed by atoms with Crippen LogP contribution < -0.4 is 5.32 Å². The number of rotatable bonds is 6. The molecule has 1 unspecified atom stereocenters. The van der Waals surface area contributed by atoms with E-state index < -0.39 is 5.60 Å². The lowest BCUT2D eigenvalue weighted by Gasteiger charge is -2.25. The molecule has 1 aromatic rings. The summed E-state index contributed by atoms with van der Waals surface area (Å²) in [6.45, 7) is 11.3. The van der Waals surface area contributed by atoms with E-state index in [1.54, 1.807) is 11.9 Å². The van der Waals surface area contributed by atoms with Gasteiger partial charge in [-0.3, -0.25) is 0 Å². The van der Waals surface area contributed by atoms with Crippen LogP contribution in [0.4, 0.5) is 4.79 Å². The third-order valence-electron chi connectivity index (χ3n) is 3.06. The SMILES string of the molecule is CCc1ccc(C(C)NCCN(C)C(=O)OC(C)(C)C)s1. The molecular weight excluding hydrogens is 284 g/mol. The summed E-state index contributed by atoms with van der Waals surface area (Å²) in [7, 11) is 1.76. The third-order valence-corrected chi connectivity index (χ3v) is 4.47. The van der Waals surface area contributed by atoms with Crippen LogP contribution in [0.15, 0.2) is 12.1 Å². The quantitative estimate of drug-likeness (QED) is 0.868. The first-order valence-electron chi connectivity index (χ1n) is 7.49. The Morgan fingerprint density at radius 1 is 1.43 bits per heavy atom. The molecule has 1 amide bonds. The van der Waals surface area contributed by atoms with Gasteiger partial charge in [0.15, 0.2) is 0 Å². The molecule has 0 spiro atoms. The largest absolute Gasteiger partial charge is 0.444 e. The average molecular weight is 312 g/mol. The van der Waals surface area contributed by atoms with Gasteiger partial charge in [-0.05, 0) is 46.2 Å². The van der Waals surface area contributed by atoms with Crippen LogP contribution >= 0.6 is 11.3 Å². The van der Waals surface area contributed by atoms with Crippen LogP contribution in [-0.4, -0.2) is 36.7 Å². The molecule has 4 nitrogen and oxygen atoms in total. The zero-order valence-electron chi connectivity index (χ0n) is 14.0. The molecule has 5 heteroatoms. The number of carbonyl (C=O) groups excluding carboxylic acids is 1. The van der Waals surface area contributed by atoms with Gasteiger partial charge in [-0.1, -0.05) is 6.92 Å². The number of thiophene rings is 1. The Hall–Kier alpha value is -1.07. The zero-order chi connectivity index (χ0) is 16.0. The van der Waals surface area contributed by atoms with E-state index in [0.29, 0.717) is 12.6 Å². The molecular formula is C16H28N2O2S. The number of amides is 1. The van der Waals surface area contributed by atoms with E-state index in [2.05, 4.69) is 31.3 Å². The van der Waals surface area contributed by atoms with E-state index in [4.69, 9.17) is 4.74 Å². The van der Waals surface area contributed by atoms with E-state index >= 15 is 0 Å². The fourth-order valence-corrected chi connectivity index (χ4v) is 2.78. The monoisotopic (exact) mass is 312 g/mol. The Bertz CT molecular complexity index is 451. The molecule has 0 fully saturated rings. The van der Waals surface area contributed by atoms with Gasteiger partial charge in [0.25, 0.3) is 0 Å². The summed E-state index contributed by atoms with van der Waals surface area (Å²) >= 11 is 1.85. The maximum atomic E-state index is 11.8. The first-order chi connectivity index (χ1) is 9.73. The maximum absolute atomic E-state index is 11.8. The van der Waals surface area contributed by atoms with Crippen LogP contribution in [0.2, 0.25) is 0 Å². The summed E-state index contributed by atoms with van der Waals surface area (Å²) in [4.78, 5) is 16.2. The highest BCUT2D eigenvalue weighted by Gasteiger charge is 2.19. The first-order valence-corrected chi connectivity index (χ1v) is 8.30. The lowest BCUT2D eigenvalue weighted by Crippen LogP contribution is -2.38. The molecule has 0 radical (unpaired) electrons. The molecule has 1 heterocycles. The summed E-state index contributed by atoms with van der Waals surface area (Å²) in [5.74, 6) is 0. The summed E-state index contributed by atoms with van der Waals surface area (Å²) < 4.78 is 5.32. The van der Waals surface area contributed by atoms with Crippen molar-refractivity contribution in [2.24, 2.45) is 0 Å². The van der Waals surface area contributed by atoms with Gasteiger partial charge in [-0.25, -0.2) is 4.79 Å². The predicted molar refractivity (Wildman–Crippen MR) is 89.0 cm³/mol. The topological polar surface area (TPSA) is 41.6 Å². The van der Waals surface area contributed by atoms with Gasteiger partial charge in [0.2, 0.25) is 0 Å². The lowest BCUT2D eigenvalue weighted by molar-refractivity contribution is 0.0299. The Morgan fingerprint density at radius 3 is 2.62 bits per heavy atom. The molecule has 1 aromatic heterocycles. The van der Waals surface area contributed by atoms with Crippen LogP contribution in [0, 0.1) is 0 Å². The summed E-state index contributed by atoms with van der Waals surface area (Å²) in [5, 5.41) is 3.45. The molecule has 120 valence electrons. The molecule has 0 bridgehead atoms. The molecule has 0 aliphatic heterocycles. The molecule has 0 aliphatic rings. The normalized spacial score (nSPS) is 13.0. The molecule has 1 atom stereocenters. The minimum atomic E-state index is -0.445. The van der Waals surface area contributed by atoms with E-state index in [9.17, 15) is 4.79 Å². The number of hydrogen-bond acceptors (Lipinski definition) is 4. The van der Waals surface area contributed by atoms with Crippen molar-refractivity contribution in [3.8, 4) is 0 Å². The summed E-state index contributed by atoms with van der Waals surface area (Å²) in [6, 6.07) is 4.67. The van der Waals surface area contributed by atoms with E-state index in [-0.39, 0.29) is 6.09 Å². The highest BCUT2D eigenvalue weighted by Crippen LogP contribution is 2.23. The van der Waals surface area contributed by atoms with Crippen LogP contribution in [-0.2, 0) is 11.2 Å². The van der Waals surface area contributed by atoms with Gasteiger partial charge < -0.3 is 15.0 Å². The van der Waals surface area contributed by atoms with Gasteiger partial charge in [0.05, 0.1) is 0 Å². The highest BCUT2D eigenvalue weighted by atomic mass is 32.1. The Morgan fingerprint density at radius 2 is 2.10 bits per heavy atom. The number of hydrogen-bond donors (Lipinski definition) is 1. The number of nitrogens with one attached hydrogen (secondary N) is 1. The Kier molecular flexibility index (Phi) is 6.68. The molecule has 0 aromatic carbocycles. The fraction of sp³-hybridized carbons (Fsp3) is 0.688. The second-order valence-corrected chi connectivity index (χ2v) is 7.44. The van der Waals surface area contributed by atoms with Crippen molar-refractivity contribution >= 4 is 17.4 Å². The molecule has 0 saturated carbocycles. The smallest absolute Gasteiger partial charge is 0.410 e. The Labute approximate surface area is 132 Å². The van der Waals surface area contributed by atoms with Crippen molar-refractivity contribution in [1.29, 1.82) is 0 Å². The maximum Gasteiger partial charge on any atom is 0.410 e. The summed E-state index contributed by atoms with van der Waals surface area (Å²) in [6.07, 6.45) is 0.806. The second kappa shape index (κ2) is 7.80. The van der Waals surface area contributed by atoms with Crippen molar-refractivity contribution in [3.63, 3.8) is 0 Å². The van der Waals surface area contributed by atoms with Crippen LogP contribution in [0.1, 0.15) is 50.4 Å².